The Morgan fingerprint density at radius 2 is 1.70 bits per heavy atom. The first-order chi connectivity index (χ1) is 13.0. The first kappa shape index (κ1) is 17.3. The number of rotatable bonds is 3. The third kappa shape index (κ3) is 2.98. The summed E-state index contributed by atoms with van der Waals surface area (Å²) in [6.07, 6.45) is 0. The number of aryl methyl sites for hydroxylation is 2. The molecule has 27 heavy (non-hydrogen) atoms. The van der Waals surface area contributed by atoms with Crippen LogP contribution in [0.3, 0.4) is 0 Å². The van der Waals surface area contributed by atoms with Crippen molar-refractivity contribution in [2.45, 2.75) is 13.8 Å². The van der Waals surface area contributed by atoms with Crippen molar-refractivity contribution >= 4 is 27.9 Å². The maximum Gasteiger partial charge on any atom is 0.280 e. The van der Waals surface area contributed by atoms with Crippen LogP contribution in [0.5, 0.6) is 0 Å². The summed E-state index contributed by atoms with van der Waals surface area (Å²) in [4.78, 5) is 26.9. The van der Waals surface area contributed by atoms with E-state index in [1.54, 1.807) is 17.5 Å². The van der Waals surface area contributed by atoms with Crippen LogP contribution in [-0.2, 0) is 0 Å². The number of aromatic nitrogens is 2. The Bertz CT molecular complexity index is 1220. The van der Waals surface area contributed by atoms with Crippen molar-refractivity contribution in [3.8, 4) is 5.69 Å². The average molecular weight is 378 g/mol. The minimum absolute atomic E-state index is 0.182. The third-order valence-corrected chi connectivity index (χ3v) is 5.35. The molecule has 0 saturated carbocycles. The van der Waals surface area contributed by atoms with E-state index in [-0.39, 0.29) is 17.0 Å². The normalized spacial score (nSPS) is 11.1. The molecular formula is C21H15FN2O2S. The number of hydrogen-bond donors (Lipinski definition) is 0. The van der Waals surface area contributed by atoms with Crippen LogP contribution in [0.25, 0.3) is 16.5 Å². The fourth-order valence-corrected chi connectivity index (χ4v) is 3.81. The summed E-state index contributed by atoms with van der Waals surface area (Å²) in [5.41, 5.74) is 1.89. The van der Waals surface area contributed by atoms with Crippen LogP contribution in [0.4, 0.5) is 4.39 Å². The highest BCUT2D eigenvalue weighted by atomic mass is 32.1. The van der Waals surface area contributed by atoms with E-state index < -0.39 is 5.82 Å². The maximum absolute atomic E-state index is 13.2. The Balaban J connectivity index is 1.99. The predicted molar refractivity (Wildman–Crippen MR) is 105 cm³/mol. The number of fused-ring (bicyclic) bond motifs is 1. The van der Waals surface area contributed by atoms with Crippen molar-refractivity contribution in [2.24, 2.45) is 0 Å². The van der Waals surface area contributed by atoms with E-state index in [0.29, 0.717) is 22.0 Å². The number of ketones is 1. The topological polar surface area (TPSA) is 52.0 Å². The van der Waals surface area contributed by atoms with Crippen LogP contribution in [0.1, 0.15) is 26.5 Å². The summed E-state index contributed by atoms with van der Waals surface area (Å²) < 4.78 is 14.5. The van der Waals surface area contributed by atoms with Crippen molar-refractivity contribution < 1.29 is 9.18 Å². The van der Waals surface area contributed by atoms with Gasteiger partial charge in [0.25, 0.3) is 5.56 Å². The van der Waals surface area contributed by atoms with Gasteiger partial charge in [-0.05, 0) is 50.2 Å². The highest BCUT2D eigenvalue weighted by Crippen LogP contribution is 2.26. The van der Waals surface area contributed by atoms with Gasteiger partial charge in [-0.2, -0.15) is 9.78 Å². The zero-order chi connectivity index (χ0) is 19.1. The molecule has 0 aliphatic heterocycles. The molecule has 0 saturated heterocycles. The zero-order valence-corrected chi connectivity index (χ0v) is 15.5. The van der Waals surface area contributed by atoms with Gasteiger partial charge < -0.3 is 0 Å². The van der Waals surface area contributed by atoms with E-state index in [4.69, 9.17) is 0 Å². The van der Waals surface area contributed by atoms with Crippen LogP contribution < -0.4 is 5.56 Å². The highest BCUT2D eigenvalue weighted by Gasteiger charge is 2.21. The van der Waals surface area contributed by atoms with Crippen LogP contribution >= 0.6 is 11.3 Å². The molecule has 4 rings (SSSR count). The van der Waals surface area contributed by atoms with E-state index in [9.17, 15) is 14.0 Å². The van der Waals surface area contributed by atoms with Gasteiger partial charge in [-0.25, -0.2) is 4.39 Å². The van der Waals surface area contributed by atoms with E-state index in [2.05, 4.69) is 5.10 Å². The van der Waals surface area contributed by atoms with Crippen LogP contribution in [0, 0.1) is 19.7 Å². The molecule has 4 aromatic rings. The SMILES string of the molecule is Cc1ccc(-n2nc(C(=O)c3ccc(F)cc3)c3csc(C)c3c2=O)cc1. The second-order valence-corrected chi connectivity index (χ2v) is 7.40. The molecule has 134 valence electrons. The molecule has 0 N–H and O–H groups in total. The van der Waals surface area contributed by atoms with Gasteiger partial charge in [-0.3, -0.25) is 9.59 Å². The van der Waals surface area contributed by atoms with Gasteiger partial charge in [0.15, 0.2) is 0 Å². The van der Waals surface area contributed by atoms with Gasteiger partial charge in [-0.1, -0.05) is 17.7 Å². The fourth-order valence-electron chi connectivity index (χ4n) is 2.97. The molecule has 0 amide bonds. The summed E-state index contributed by atoms with van der Waals surface area (Å²) >= 11 is 1.40. The summed E-state index contributed by atoms with van der Waals surface area (Å²) in [5, 5.41) is 7.17. The van der Waals surface area contributed by atoms with Crippen molar-refractivity contribution in [3.05, 3.63) is 91.8 Å². The minimum Gasteiger partial charge on any atom is -0.287 e. The molecule has 0 radical (unpaired) electrons. The lowest BCUT2D eigenvalue weighted by atomic mass is 10.0. The Morgan fingerprint density at radius 3 is 2.37 bits per heavy atom. The molecule has 4 nitrogen and oxygen atoms in total. The number of thiophene rings is 1. The van der Waals surface area contributed by atoms with Gasteiger partial charge in [0.1, 0.15) is 11.5 Å². The van der Waals surface area contributed by atoms with E-state index in [1.165, 1.54) is 40.3 Å². The molecule has 0 bridgehead atoms. The van der Waals surface area contributed by atoms with E-state index in [0.717, 1.165) is 10.4 Å². The molecule has 2 heterocycles. The summed E-state index contributed by atoms with van der Waals surface area (Å²) in [7, 11) is 0. The van der Waals surface area contributed by atoms with Gasteiger partial charge >= 0.3 is 0 Å². The summed E-state index contributed by atoms with van der Waals surface area (Å²) in [5.74, 6) is -0.765. The van der Waals surface area contributed by atoms with E-state index >= 15 is 0 Å². The lowest BCUT2D eigenvalue weighted by Gasteiger charge is -2.09. The lowest BCUT2D eigenvalue weighted by Crippen LogP contribution is -2.24. The predicted octanol–water partition coefficient (Wildman–Crippen LogP) is 4.43. The molecule has 0 fully saturated rings. The molecular weight excluding hydrogens is 363 g/mol. The van der Waals surface area contributed by atoms with Crippen molar-refractivity contribution in [1.29, 1.82) is 0 Å². The third-order valence-electron chi connectivity index (χ3n) is 4.44. The quantitative estimate of drug-likeness (QED) is 0.496. The maximum atomic E-state index is 13.2. The number of benzene rings is 2. The molecule has 0 atom stereocenters. The van der Waals surface area contributed by atoms with Crippen LogP contribution in [0.2, 0.25) is 0 Å². The number of halogens is 1. The molecule has 0 unspecified atom stereocenters. The standard InChI is InChI=1S/C21H15FN2O2S/c1-12-3-9-16(10-4-12)24-21(26)18-13(2)27-11-17(18)19(23-24)20(25)14-5-7-15(22)8-6-14/h3-11H,1-2H3. The first-order valence-corrected chi connectivity index (χ1v) is 9.22. The summed E-state index contributed by atoms with van der Waals surface area (Å²) in [6, 6.07) is 12.7. The number of carbonyl (C=O) groups excluding carboxylic acids is 1. The molecule has 0 spiro atoms. The number of nitrogens with zero attached hydrogens (tertiary/aromatic N) is 2. The number of carbonyl (C=O) groups is 1. The van der Waals surface area contributed by atoms with Crippen LogP contribution in [-0.4, -0.2) is 15.6 Å². The first-order valence-electron chi connectivity index (χ1n) is 8.34. The lowest BCUT2D eigenvalue weighted by molar-refractivity contribution is 0.103. The van der Waals surface area contributed by atoms with Crippen molar-refractivity contribution in [2.75, 3.05) is 0 Å². The summed E-state index contributed by atoms with van der Waals surface area (Å²) in [6.45, 7) is 3.80. The zero-order valence-electron chi connectivity index (χ0n) is 14.7. The van der Waals surface area contributed by atoms with E-state index in [1.807, 2.05) is 26.0 Å². The van der Waals surface area contributed by atoms with Gasteiger partial charge in [0.2, 0.25) is 5.78 Å². The molecule has 0 aliphatic carbocycles. The van der Waals surface area contributed by atoms with Gasteiger partial charge in [0.05, 0.1) is 11.1 Å². The van der Waals surface area contributed by atoms with Gasteiger partial charge in [0, 0.05) is 21.2 Å². The second-order valence-electron chi connectivity index (χ2n) is 6.32. The Labute approximate surface area is 158 Å². The largest absolute Gasteiger partial charge is 0.287 e. The molecule has 0 aliphatic rings. The van der Waals surface area contributed by atoms with Crippen molar-refractivity contribution in [3.63, 3.8) is 0 Å². The Hall–Kier alpha value is -3.12. The average Bonchev–Trinajstić information content (AvgIpc) is 3.05. The van der Waals surface area contributed by atoms with Crippen molar-refractivity contribution in [1.82, 2.24) is 9.78 Å². The second kappa shape index (κ2) is 6.55. The Kier molecular flexibility index (Phi) is 4.20. The molecule has 2 aromatic carbocycles. The molecule has 6 heteroatoms. The van der Waals surface area contributed by atoms with Crippen LogP contribution in [0.15, 0.2) is 58.7 Å². The fraction of sp³-hybridized carbons (Fsp3) is 0.0952. The highest BCUT2D eigenvalue weighted by molar-refractivity contribution is 7.11. The minimum atomic E-state index is -0.416. The monoisotopic (exact) mass is 378 g/mol. The van der Waals surface area contributed by atoms with Gasteiger partial charge in [-0.15, -0.1) is 11.3 Å². The smallest absolute Gasteiger partial charge is 0.280 e. The Morgan fingerprint density at radius 1 is 1.04 bits per heavy atom. The molecule has 2 aromatic heterocycles. The number of hydrogen-bond acceptors (Lipinski definition) is 4.